The highest BCUT2D eigenvalue weighted by Gasteiger charge is 2.05. The fourth-order valence-electron chi connectivity index (χ4n) is 1.53. The lowest BCUT2D eigenvalue weighted by atomic mass is 10.3. The Morgan fingerprint density at radius 2 is 2.00 bits per heavy atom. The molecular weight excluding hydrogens is 330 g/mol. The Labute approximate surface area is 124 Å². The minimum atomic E-state index is 0.203. The molecule has 0 amide bonds. The number of nitrogens with one attached hydrogen (secondary N) is 2. The summed E-state index contributed by atoms with van der Waals surface area (Å²) in [4.78, 5) is 8.20. The Hall–Kier alpha value is -1.53. The summed E-state index contributed by atoms with van der Waals surface area (Å²) in [6.07, 6.45) is 0. The van der Waals surface area contributed by atoms with Crippen molar-refractivity contribution in [1.82, 2.24) is 9.97 Å². The smallest absolute Gasteiger partial charge is 0.223 e. The normalized spacial score (nSPS) is 10.3. The van der Waals surface area contributed by atoms with Gasteiger partial charge < -0.3 is 16.4 Å². The van der Waals surface area contributed by atoms with Crippen LogP contribution < -0.4 is 16.4 Å². The monoisotopic (exact) mass is 341 g/mol. The minimum Gasteiger partial charge on any atom is -0.370 e. The lowest BCUT2D eigenvalue weighted by molar-refractivity contribution is 1.12. The third kappa shape index (κ3) is 3.71. The van der Waals surface area contributed by atoms with Crippen LogP contribution in [0.15, 0.2) is 28.7 Å². The van der Waals surface area contributed by atoms with E-state index in [2.05, 4.69) is 36.5 Å². The van der Waals surface area contributed by atoms with Crippen molar-refractivity contribution in [2.75, 3.05) is 22.9 Å². The summed E-state index contributed by atoms with van der Waals surface area (Å²) < 4.78 is 0.915. The topological polar surface area (TPSA) is 75.9 Å². The molecule has 0 aliphatic heterocycles. The second kappa shape index (κ2) is 6.08. The van der Waals surface area contributed by atoms with E-state index in [0.29, 0.717) is 16.7 Å². The van der Waals surface area contributed by atoms with Gasteiger partial charge in [-0.1, -0.05) is 27.5 Å². The molecule has 0 spiro atoms. The van der Waals surface area contributed by atoms with E-state index in [-0.39, 0.29) is 5.95 Å². The molecule has 0 saturated heterocycles. The lowest BCUT2D eigenvalue weighted by Crippen LogP contribution is -2.05. The highest BCUT2D eigenvalue weighted by atomic mass is 79.9. The van der Waals surface area contributed by atoms with Gasteiger partial charge in [-0.05, 0) is 25.1 Å². The molecule has 1 heterocycles. The zero-order valence-corrected chi connectivity index (χ0v) is 12.6. The SMILES string of the molecule is CCNc1cc(Nc2ccc(Br)cc2Cl)nc(N)n1. The second-order valence-corrected chi connectivity index (χ2v) is 5.10. The van der Waals surface area contributed by atoms with Gasteiger partial charge in [-0.15, -0.1) is 0 Å². The van der Waals surface area contributed by atoms with Crippen LogP contribution in [0.1, 0.15) is 6.92 Å². The first-order valence-electron chi connectivity index (χ1n) is 5.69. The van der Waals surface area contributed by atoms with E-state index in [1.165, 1.54) is 0 Å². The van der Waals surface area contributed by atoms with E-state index >= 15 is 0 Å². The molecule has 0 atom stereocenters. The molecule has 2 aromatic rings. The minimum absolute atomic E-state index is 0.203. The standard InChI is InChI=1S/C12H13BrClN5/c1-2-16-10-6-11(19-12(15)18-10)17-9-4-3-7(13)5-8(9)14/h3-6H,2H2,1H3,(H4,15,16,17,18,19). The van der Waals surface area contributed by atoms with Gasteiger partial charge in [-0.3, -0.25) is 0 Å². The fourth-order valence-corrected chi connectivity index (χ4v) is 2.25. The van der Waals surface area contributed by atoms with Gasteiger partial charge in [0.2, 0.25) is 5.95 Å². The van der Waals surface area contributed by atoms with Crippen molar-refractivity contribution >= 4 is 50.8 Å². The van der Waals surface area contributed by atoms with Crippen molar-refractivity contribution in [3.8, 4) is 0 Å². The Balaban J connectivity index is 2.27. The average Bonchev–Trinajstić information content (AvgIpc) is 2.32. The largest absolute Gasteiger partial charge is 0.370 e. The van der Waals surface area contributed by atoms with Crippen molar-refractivity contribution in [2.24, 2.45) is 0 Å². The Morgan fingerprint density at radius 3 is 2.68 bits per heavy atom. The predicted molar refractivity (Wildman–Crippen MR) is 83.0 cm³/mol. The summed E-state index contributed by atoms with van der Waals surface area (Å²) in [6, 6.07) is 7.33. The van der Waals surface area contributed by atoms with E-state index in [0.717, 1.165) is 16.7 Å². The maximum Gasteiger partial charge on any atom is 0.223 e. The molecule has 19 heavy (non-hydrogen) atoms. The number of hydrogen-bond donors (Lipinski definition) is 3. The highest BCUT2D eigenvalue weighted by molar-refractivity contribution is 9.10. The van der Waals surface area contributed by atoms with Gasteiger partial charge >= 0.3 is 0 Å². The van der Waals surface area contributed by atoms with Crippen molar-refractivity contribution < 1.29 is 0 Å². The summed E-state index contributed by atoms with van der Waals surface area (Å²) in [5.74, 6) is 1.47. The van der Waals surface area contributed by atoms with Crippen LogP contribution in [-0.4, -0.2) is 16.5 Å². The quantitative estimate of drug-likeness (QED) is 0.790. The van der Waals surface area contributed by atoms with E-state index in [1.54, 1.807) is 12.1 Å². The summed E-state index contributed by atoms with van der Waals surface area (Å²) in [6.45, 7) is 2.74. The third-order valence-corrected chi connectivity index (χ3v) is 3.10. The highest BCUT2D eigenvalue weighted by Crippen LogP contribution is 2.28. The Bertz CT molecular complexity index is 590. The molecule has 0 unspecified atom stereocenters. The zero-order valence-electron chi connectivity index (χ0n) is 10.2. The third-order valence-electron chi connectivity index (χ3n) is 2.30. The molecule has 1 aromatic carbocycles. The van der Waals surface area contributed by atoms with Crippen LogP contribution in [0.3, 0.4) is 0 Å². The molecule has 0 saturated carbocycles. The van der Waals surface area contributed by atoms with Gasteiger partial charge in [0.05, 0.1) is 10.7 Å². The van der Waals surface area contributed by atoms with Crippen LogP contribution in [-0.2, 0) is 0 Å². The first kappa shape index (κ1) is 13.9. The Morgan fingerprint density at radius 1 is 1.26 bits per heavy atom. The number of aromatic nitrogens is 2. The maximum absolute atomic E-state index is 6.14. The molecular formula is C12H13BrClN5. The van der Waals surface area contributed by atoms with Crippen LogP contribution in [0.25, 0.3) is 0 Å². The summed E-state index contributed by atoms with van der Waals surface area (Å²) in [5.41, 5.74) is 6.42. The number of nitrogen functional groups attached to an aromatic ring is 1. The van der Waals surface area contributed by atoms with Gasteiger partial charge in [-0.2, -0.15) is 9.97 Å². The predicted octanol–water partition coefficient (Wildman–Crippen LogP) is 3.65. The zero-order chi connectivity index (χ0) is 13.8. The van der Waals surface area contributed by atoms with Crippen molar-refractivity contribution in [3.05, 3.63) is 33.8 Å². The Kier molecular flexibility index (Phi) is 4.44. The summed E-state index contributed by atoms with van der Waals surface area (Å²) in [5, 5.41) is 6.80. The summed E-state index contributed by atoms with van der Waals surface area (Å²) >= 11 is 9.50. The van der Waals surface area contributed by atoms with Gasteiger partial charge in [0.1, 0.15) is 11.6 Å². The van der Waals surface area contributed by atoms with Crippen molar-refractivity contribution in [3.63, 3.8) is 0 Å². The maximum atomic E-state index is 6.14. The molecule has 0 radical (unpaired) electrons. The molecule has 1 aromatic heterocycles. The molecule has 2 rings (SSSR count). The number of hydrogen-bond acceptors (Lipinski definition) is 5. The van der Waals surface area contributed by atoms with Crippen LogP contribution in [0, 0.1) is 0 Å². The van der Waals surface area contributed by atoms with Crippen LogP contribution in [0.2, 0.25) is 5.02 Å². The average molecular weight is 343 g/mol. The van der Waals surface area contributed by atoms with Gasteiger partial charge in [-0.25, -0.2) is 0 Å². The van der Waals surface area contributed by atoms with Crippen molar-refractivity contribution in [1.29, 1.82) is 0 Å². The molecule has 4 N–H and O–H groups in total. The van der Waals surface area contributed by atoms with Crippen molar-refractivity contribution in [2.45, 2.75) is 6.92 Å². The lowest BCUT2D eigenvalue weighted by Gasteiger charge is -2.10. The van der Waals surface area contributed by atoms with E-state index in [9.17, 15) is 0 Å². The van der Waals surface area contributed by atoms with Gasteiger partial charge in [0.25, 0.3) is 0 Å². The molecule has 0 aliphatic rings. The fraction of sp³-hybridized carbons (Fsp3) is 0.167. The van der Waals surface area contributed by atoms with E-state index in [4.69, 9.17) is 17.3 Å². The number of nitrogens with two attached hydrogens (primary N) is 1. The van der Waals surface area contributed by atoms with Crippen LogP contribution in [0.4, 0.5) is 23.3 Å². The van der Waals surface area contributed by atoms with E-state index in [1.807, 2.05) is 19.1 Å². The van der Waals surface area contributed by atoms with Gasteiger partial charge in [0, 0.05) is 17.1 Å². The molecule has 7 heteroatoms. The molecule has 0 fully saturated rings. The van der Waals surface area contributed by atoms with Crippen LogP contribution in [0.5, 0.6) is 0 Å². The number of rotatable bonds is 4. The molecule has 100 valence electrons. The first-order valence-corrected chi connectivity index (χ1v) is 6.86. The molecule has 0 aliphatic carbocycles. The van der Waals surface area contributed by atoms with Crippen LogP contribution >= 0.6 is 27.5 Å². The van der Waals surface area contributed by atoms with Gasteiger partial charge in [0.15, 0.2) is 0 Å². The number of nitrogens with zero attached hydrogens (tertiary/aromatic N) is 2. The second-order valence-electron chi connectivity index (χ2n) is 3.78. The molecule has 0 bridgehead atoms. The summed E-state index contributed by atoms with van der Waals surface area (Å²) in [7, 11) is 0. The number of benzene rings is 1. The van der Waals surface area contributed by atoms with E-state index < -0.39 is 0 Å². The first-order chi connectivity index (χ1) is 9.08. The number of anilines is 4. The number of halogens is 2. The molecule has 5 nitrogen and oxygen atoms in total.